The zero-order chi connectivity index (χ0) is 13.7. The number of likely N-dealkylation sites (tertiary alicyclic amines) is 1. The van der Waals surface area contributed by atoms with Crippen LogP contribution in [0.5, 0.6) is 0 Å². The number of carbonyl (C=O) groups is 1. The van der Waals surface area contributed by atoms with Gasteiger partial charge in [0.15, 0.2) is 0 Å². The Morgan fingerprint density at radius 2 is 2.00 bits per heavy atom. The maximum atomic E-state index is 12.2. The highest BCUT2D eigenvalue weighted by molar-refractivity contribution is 5.76. The number of piperidine rings is 1. The van der Waals surface area contributed by atoms with Gasteiger partial charge in [-0.1, -0.05) is 29.8 Å². The topological polar surface area (TPSA) is 20.3 Å². The van der Waals surface area contributed by atoms with Gasteiger partial charge in [0.25, 0.3) is 0 Å². The standard InChI is InChI=1S/C17H25NO/c1-14-9-11-16(12-10-14)7-5-8-17(19)18-13-4-3-6-15(18)2/h9-12,15H,3-8,13H2,1-2H3. The molecule has 104 valence electrons. The largest absolute Gasteiger partial charge is 0.340 e. The van der Waals surface area contributed by atoms with Crippen LogP contribution in [0, 0.1) is 6.92 Å². The van der Waals surface area contributed by atoms with E-state index >= 15 is 0 Å². The third-order valence-corrected chi connectivity index (χ3v) is 4.10. The van der Waals surface area contributed by atoms with Gasteiger partial charge in [0.05, 0.1) is 0 Å². The number of rotatable bonds is 4. The molecule has 2 nitrogen and oxygen atoms in total. The van der Waals surface area contributed by atoms with E-state index in [9.17, 15) is 4.79 Å². The van der Waals surface area contributed by atoms with E-state index in [0.717, 1.165) is 19.4 Å². The molecule has 0 bridgehead atoms. The molecule has 0 saturated carbocycles. The zero-order valence-corrected chi connectivity index (χ0v) is 12.2. The van der Waals surface area contributed by atoms with Crippen molar-refractivity contribution in [1.29, 1.82) is 0 Å². The minimum Gasteiger partial charge on any atom is -0.340 e. The van der Waals surface area contributed by atoms with E-state index in [-0.39, 0.29) is 0 Å². The van der Waals surface area contributed by atoms with Gasteiger partial charge in [-0.05, 0) is 51.5 Å². The molecule has 19 heavy (non-hydrogen) atoms. The number of amides is 1. The van der Waals surface area contributed by atoms with E-state index in [4.69, 9.17) is 0 Å². The van der Waals surface area contributed by atoms with Crippen molar-refractivity contribution in [1.82, 2.24) is 4.90 Å². The molecule has 1 aliphatic rings. The molecule has 0 spiro atoms. The smallest absolute Gasteiger partial charge is 0.222 e. The Labute approximate surface area is 116 Å². The number of hydrogen-bond acceptors (Lipinski definition) is 1. The summed E-state index contributed by atoms with van der Waals surface area (Å²) >= 11 is 0. The van der Waals surface area contributed by atoms with Gasteiger partial charge < -0.3 is 4.90 Å². The van der Waals surface area contributed by atoms with E-state index in [1.807, 2.05) is 0 Å². The maximum absolute atomic E-state index is 12.2. The summed E-state index contributed by atoms with van der Waals surface area (Å²) in [6, 6.07) is 9.07. The van der Waals surface area contributed by atoms with Crippen LogP contribution in [0.15, 0.2) is 24.3 Å². The molecule has 1 aromatic carbocycles. The molecule has 2 rings (SSSR count). The average molecular weight is 259 g/mol. The van der Waals surface area contributed by atoms with E-state index in [0.29, 0.717) is 18.4 Å². The molecular weight excluding hydrogens is 234 g/mol. The Balaban J connectivity index is 1.75. The summed E-state index contributed by atoms with van der Waals surface area (Å²) in [6.07, 6.45) is 6.28. The van der Waals surface area contributed by atoms with Gasteiger partial charge >= 0.3 is 0 Å². The molecule has 1 unspecified atom stereocenters. The van der Waals surface area contributed by atoms with E-state index in [2.05, 4.69) is 43.0 Å². The van der Waals surface area contributed by atoms with E-state index < -0.39 is 0 Å². The summed E-state index contributed by atoms with van der Waals surface area (Å²) in [5.41, 5.74) is 2.63. The van der Waals surface area contributed by atoms with Crippen molar-refractivity contribution in [2.75, 3.05) is 6.54 Å². The fourth-order valence-electron chi connectivity index (χ4n) is 2.81. The lowest BCUT2D eigenvalue weighted by Crippen LogP contribution is -2.41. The minimum absolute atomic E-state index is 0.347. The van der Waals surface area contributed by atoms with Crippen molar-refractivity contribution in [2.24, 2.45) is 0 Å². The summed E-state index contributed by atoms with van der Waals surface area (Å²) in [5.74, 6) is 0.347. The SMILES string of the molecule is Cc1ccc(CCCC(=O)N2CCCCC2C)cc1. The summed E-state index contributed by atoms with van der Waals surface area (Å²) in [7, 11) is 0. The highest BCUT2D eigenvalue weighted by Crippen LogP contribution is 2.18. The van der Waals surface area contributed by atoms with Gasteiger partial charge in [0, 0.05) is 19.0 Å². The van der Waals surface area contributed by atoms with Crippen LogP contribution in [0.1, 0.15) is 50.2 Å². The van der Waals surface area contributed by atoms with Crippen LogP contribution < -0.4 is 0 Å². The summed E-state index contributed by atoms with van der Waals surface area (Å²) in [4.78, 5) is 14.3. The molecule has 1 amide bonds. The fourth-order valence-corrected chi connectivity index (χ4v) is 2.81. The maximum Gasteiger partial charge on any atom is 0.222 e. The quantitative estimate of drug-likeness (QED) is 0.807. The Morgan fingerprint density at radius 1 is 1.26 bits per heavy atom. The van der Waals surface area contributed by atoms with Crippen LogP contribution in [-0.4, -0.2) is 23.4 Å². The Morgan fingerprint density at radius 3 is 2.68 bits per heavy atom. The normalized spacial score (nSPS) is 19.5. The third kappa shape index (κ3) is 4.09. The van der Waals surface area contributed by atoms with Crippen molar-refractivity contribution >= 4 is 5.91 Å². The first-order valence-corrected chi connectivity index (χ1v) is 7.52. The highest BCUT2D eigenvalue weighted by atomic mass is 16.2. The molecule has 1 fully saturated rings. The molecular formula is C17H25NO. The van der Waals surface area contributed by atoms with Crippen LogP contribution in [0.2, 0.25) is 0 Å². The Bertz CT molecular complexity index is 410. The van der Waals surface area contributed by atoms with Gasteiger partial charge in [-0.25, -0.2) is 0 Å². The van der Waals surface area contributed by atoms with Crippen LogP contribution >= 0.6 is 0 Å². The predicted octanol–water partition coefficient (Wildman–Crippen LogP) is 3.72. The Hall–Kier alpha value is -1.31. The molecule has 0 aromatic heterocycles. The van der Waals surface area contributed by atoms with Crippen LogP contribution in [0.3, 0.4) is 0 Å². The second-order valence-corrected chi connectivity index (χ2v) is 5.77. The van der Waals surface area contributed by atoms with Crippen molar-refractivity contribution in [2.45, 2.75) is 58.4 Å². The molecule has 1 aromatic rings. The lowest BCUT2D eigenvalue weighted by molar-refractivity contribution is -0.134. The van der Waals surface area contributed by atoms with Crippen molar-refractivity contribution in [3.05, 3.63) is 35.4 Å². The molecule has 0 aliphatic carbocycles. The van der Waals surface area contributed by atoms with Crippen LogP contribution in [0.4, 0.5) is 0 Å². The number of carbonyl (C=O) groups excluding carboxylic acids is 1. The highest BCUT2D eigenvalue weighted by Gasteiger charge is 2.22. The minimum atomic E-state index is 0.347. The monoisotopic (exact) mass is 259 g/mol. The summed E-state index contributed by atoms with van der Waals surface area (Å²) in [6.45, 7) is 5.24. The third-order valence-electron chi connectivity index (χ3n) is 4.10. The number of aryl methyl sites for hydroxylation is 2. The van der Waals surface area contributed by atoms with Crippen molar-refractivity contribution in [3.63, 3.8) is 0 Å². The second-order valence-electron chi connectivity index (χ2n) is 5.77. The first kappa shape index (κ1) is 14.1. The zero-order valence-electron chi connectivity index (χ0n) is 12.2. The predicted molar refractivity (Wildman–Crippen MR) is 79.1 cm³/mol. The molecule has 1 atom stereocenters. The molecule has 1 saturated heterocycles. The Kier molecular flexibility index (Phi) is 5.00. The number of nitrogens with zero attached hydrogens (tertiary/aromatic N) is 1. The van der Waals surface area contributed by atoms with Gasteiger partial charge in [-0.2, -0.15) is 0 Å². The first-order valence-electron chi connectivity index (χ1n) is 7.52. The van der Waals surface area contributed by atoms with Gasteiger partial charge in [-0.3, -0.25) is 4.79 Å². The molecule has 2 heteroatoms. The first-order chi connectivity index (χ1) is 9.16. The molecule has 0 N–H and O–H groups in total. The number of hydrogen-bond donors (Lipinski definition) is 0. The average Bonchev–Trinajstić information content (AvgIpc) is 2.41. The van der Waals surface area contributed by atoms with Crippen molar-refractivity contribution < 1.29 is 4.79 Å². The van der Waals surface area contributed by atoms with Crippen LogP contribution in [0.25, 0.3) is 0 Å². The van der Waals surface area contributed by atoms with Gasteiger partial charge in [0.2, 0.25) is 5.91 Å². The van der Waals surface area contributed by atoms with Gasteiger partial charge in [0.1, 0.15) is 0 Å². The number of benzene rings is 1. The van der Waals surface area contributed by atoms with E-state index in [1.54, 1.807) is 0 Å². The lowest BCUT2D eigenvalue weighted by atomic mass is 10.0. The summed E-state index contributed by atoms with van der Waals surface area (Å²) < 4.78 is 0. The summed E-state index contributed by atoms with van der Waals surface area (Å²) in [5, 5.41) is 0. The molecule has 0 radical (unpaired) electrons. The van der Waals surface area contributed by atoms with Crippen molar-refractivity contribution in [3.8, 4) is 0 Å². The molecule has 1 aliphatic heterocycles. The lowest BCUT2D eigenvalue weighted by Gasteiger charge is -2.33. The van der Waals surface area contributed by atoms with Gasteiger partial charge in [-0.15, -0.1) is 0 Å². The second kappa shape index (κ2) is 6.74. The fraction of sp³-hybridized carbons (Fsp3) is 0.588. The van der Waals surface area contributed by atoms with E-state index in [1.165, 1.54) is 30.4 Å². The molecule has 1 heterocycles. The van der Waals surface area contributed by atoms with Crippen LogP contribution in [-0.2, 0) is 11.2 Å².